The standard InChI is InChI=1S/C11H14F3N/c1-11(2,15)4-3-7-5-9(13)10(14)6-8(7)12/h5-6H,3-4,15H2,1-2H3. The first-order valence-corrected chi connectivity index (χ1v) is 4.72. The third-order valence-electron chi connectivity index (χ3n) is 2.13. The average molecular weight is 217 g/mol. The Morgan fingerprint density at radius 2 is 1.60 bits per heavy atom. The Hall–Kier alpha value is -1.03. The number of hydrogen-bond donors (Lipinski definition) is 1. The minimum absolute atomic E-state index is 0.160. The predicted octanol–water partition coefficient (Wildman–Crippen LogP) is 2.77. The molecule has 2 N–H and O–H groups in total. The van der Waals surface area contributed by atoms with Gasteiger partial charge in [0.1, 0.15) is 5.82 Å². The van der Waals surface area contributed by atoms with Crippen LogP contribution in [0.4, 0.5) is 13.2 Å². The number of halogens is 3. The van der Waals surface area contributed by atoms with Crippen LogP contribution in [-0.4, -0.2) is 5.54 Å². The van der Waals surface area contributed by atoms with E-state index in [-0.39, 0.29) is 5.56 Å². The lowest BCUT2D eigenvalue weighted by Crippen LogP contribution is -2.32. The lowest BCUT2D eigenvalue weighted by Gasteiger charge is -2.18. The lowest BCUT2D eigenvalue weighted by atomic mass is 9.96. The summed E-state index contributed by atoms with van der Waals surface area (Å²) in [5.74, 6) is -2.91. The van der Waals surface area contributed by atoms with Gasteiger partial charge in [-0.15, -0.1) is 0 Å². The van der Waals surface area contributed by atoms with Crippen LogP contribution in [0.5, 0.6) is 0 Å². The Kier molecular flexibility index (Phi) is 3.39. The molecule has 1 aromatic carbocycles. The minimum Gasteiger partial charge on any atom is -0.326 e. The first-order chi connectivity index (χ1) is 6.79. The Morgan fingerprint density at radius 1 is 1.07 bits per heavy atom. The van der Waals surface area contributed by atoms with Crippen molar-refractivity contribution in [1.29, 1.82) is 0 Å². The van der Waals surface area contributed by atoms with E-state index in [2.05, 4.69) is 0 Å². The third kappa shape index (κ3) is 3.55. The molecule has 0 unspecified atom stereocenters. The van der Waals surface area contributed by atoms with Gasteiger partial charge in [0.2, 0.25) is 0 Å². The van der Waals surface area contributed by atoms with Crippen LogP contribution in [-0.2, 0) is 6.42 Å². The fourth-order valence-electron chi connectivity index (χ4n) is 1.21. The van der Waals surface area contributed by atoms with Crippen molar-refractivity contribution in [3.63, 3.8) is 0 Å². The van der Waals surface area contributed by atoms with Gasteiger partial charge in [-0.3, -0.25) is 0 Å². The van der Waals surface area contributed by atoms with E-state index in [1.807, 2.05) is 0 Å². The number of rotatable bonds is 3. The second-order valence-electron chi connectivity index (χ2n) is 4.35. The molecule has 0 spiro atoms. The van der Waals surface area contributed by atoms with Crippen LogP contribution < -0.4 is 5.73 Å². The molecule has 0 atom stereocenters. The first kappa shape index (κ1) is 12.0. The number of nitrogens with two attached hydrogens (primary N) is 1. The van der Waals surface area contributed by atoms with Crippen molar-refractivity contribution in [3.8, 4) is 0 Å². The molecule has 0 fully saturated rings. The molecule has 84 valence electrons. The van der Waals surface area contributed by atoms with Crippen molar-refractivity contribution in [3.05, 3.63) is 35.1 Å². The zero-order valence-corrected chi connectivity index (χ0v) is 8.78. The predicted molar refractivity (Wildman–Crippen MR) is 52.9 cm³/mol. The fraction of sp³-hybridized carbons (Fsp3) is 0.455. The van der Waals surface area contributed by atoms with E-state index in [0.717, 1.165) is 6.07 Å². The van der Waals surface area contributed by atoms with E-state index in [4.69, 9.17) is 5.73 Å². The van der Waals surface area contributed by atoms with Gasteiger partial charge in [0, 0.05) is 11.6 Å². The molecule has 0 aliphatic carbocycles. The zero-order chi connectivity index (χ0) is 11.6. The number of aryl methyl sites for hydroxylation is 1. The van der Waals surface area contributed by atoms with Gasteiger partial charge in [-0.1, -0.05) is 0 Å². The smallest absolute Gasteiger partial charge is 0.161 e. The first-order valence-electron chi connectivity index (χ1n) is 4.72. The monoisotopic (exact) mass is 217 g/mol. The van der Waals surface area contributed by atoms with E-state index >= 15 is 0 Å². The molecule has 1 rings (SSSR count). The molecule has 0 aliphatic rings. The summed E-state index contributed by atoms with van der Waals surface area (Å²) in [5.41, 5.74) is 5.42. The van der Waals surface area contributed by atoms with Gasteiger partial charge in [0.05, 0.1) is 0 Å². The molecule has 1 aromatic rings. The Labute approximate surface area is 87.1 Å². The molecule has 0 saturated heterocycles. The summed E-state index contributed by atoms with van der Waals surface area (Å²) in [6.45, 7) is 3.59. The molecule has 0 aromatic heterocycles. The van der Waals surface area contributed by atoms with Gasteiger partial charge in [-0.05, 0) is 38.3 Å². The molecule has 15 heavy (non-hydrogen) atoms. The molecule has 0 saturated carbocycles. The van der Waals surface area contributed by atoms with Gasteiger partial charge in [-0.2, -0.15) is 0 Å². The zero-order valence-electron chi connectivity index (χ0n) is 8.78. The quantitative estimate of drug-likeness (QED) is 0.774. The third-order valence-corrected chi connectivity index (χ3v) is 2.13. The minimum atomic E-state index is -1.16. The maximum atomic E-state index is 13.2. The summed E-state index contributed by atoms with van der Waals surface area (Å²) in [6, 6.07) is 1.45. The van der Waals surface area contributed by atoms with E-state index < -0.39 is 23.0 Å². The van der Waals surface area contributed by atoms with Crippen LogP contribution in [0.1, 0.15) is 25.8 Å². The highest BCUT2D eigenvalue weighted by molar-refractivity contribution is 5.20. The molecule has 0 radical (unpaired) electrons. The fourth-order valence-corrected chi connectivity index (χ4v) is 1.21. The Bertz CT molecular complexity index is 356. The molecule has 0 aliphatic heterocycles. The summed E-state index contributed by atoms with van der Waals surface area (Å²) in [5, 5.41) is 0. The molecular weight excluding hydrogens is 203 g/mol. The van der Waals surface area contributed by atoms with Crippen LogP contribution in [0.25, 0.3) is 0 Å². The van der Waals surface area contributed by atoms with Crippen LogP contribution in [0.3, 0.4) is 0 Å². The van der Waals surface area contributed by atoms with E-state index in [9.17, 15) is 13.2 Å². The van der Waals surface area contributed by atoms with Crippen LogP contribution >= 0.6 is 0 Å². The Morgan fingerprint density at radius 3 is 2.13 bits per heavy atom. The number of benzene rings is 1. The normalized spacial score (nSPS) is 11.9. The topological polar surface area (TPSA) is 26.0 Å². The summed E-state index contributed by atoms with van der Waals surface area (Å²) in [6.07, 6.45) is 0.807. The molecule has 1 nitrogen and oxygen atoms in total. The Balaban J connectivity index is 2.82. The lowest BCUT2D eigenvalue weighted by molar-refractivity contribution is 0.460. The summed E-state index contributed by atoms with van der Waals surface area (Å²) >= 11 is 0. The number of hydrogen-bond acceptors (Lipinski definition) is 1. The second-order valence-corrected chi connectivity index (χ2v) is 4.35. The van der Waals surface area contributed by atoms with Crippen LogP contribution in [0.15, 0.2) is 12.1 Å². The SMILES string of the molecule is CC(C)(N)CCc1cc(F)c(F)cc1F. The molecule has 0 bridgehead atoms. The summed E-state index contributed by atoms with van der Waals surface area (Å²) < 4.78 is 38.6. The summed E-state index contributed by atoms with van der Waals surface area (Å²) in [7, 11) is 0. The van der Waals surface area contributed by atoms with Crippen LogP contribution in [0, 0.1) is 17.5 Å². The van der Waals surface area contributed by atoms with Gasteiger partial charge in [-0.25, -0.2) is 13.2 Å². The highest BCUT2D eigenvalue weighted by atomic mass is 19.2. The van der Waals surface area contributed by atoms with Crippen molar-refractivity contribution in [2.75, 3.05) is 0 Å². The van der Waals surface area contributed by atoms with Gasteiger partial charge < -0.3 is 5.73 Å². The molecular formula is C11H14F3N. The van der Waals surface area contributed by atoms with Gasteiger partial charge in [0.25, 0.3) is 0 Å². The van der Waals surface area contributed by atoms with Gasteiger partial charge in [0.15, 0.2) is 11.6 Å². The van der Waals surface area contributed by atoms with E-state index in [1.54, 1.807) is 13.8 Å². The van der Waals surface area contributed by atoms with Crippen molar-refractivity contribution < 1.29 is 13.2 Å². The summed E-state index contributed by atoms with van der Waals surface area (Å²) in [4.78, 5) is 0. The van der Waals surface area contributed by atoms with Crippen molar-refractivity contribution in [2.24, 2.45) is 5.73 Å². The van der Waals surface area contributed by atoms with Crippen LogP contribution in [0.2, 0.25) is 0 Å². The van der Waals surface area contributed by atoms with Crippen molar-refractivity contribution in [1.82, 2.24) is 0 Å². The van der Waals surface area contributed by atoms with E-state index in [0.29, 0.717) is 18.9 Å². The molecule has 0 heterocycles. The highest BCUT2D eigenvalue weighted by Crippen LogP contribution is 2.17. The largest absolute Gasteiger partial charge is 0.326 e. The molecule has 0 amide bonds. The van der Waals surface area contributed by atoms with E-state index in [1.165, 1.54) is 0 Å². The van der Waals surface area contributed by atoms with Gasteiger partial charge >= 0.3 is 0 Å². The highest BCUT2D eigenvalue weighted by Gasteiger charge is 2.14. The van der Waals surface area contributed by atoms with Crippen molar-refractivity contribution in [2.45, 2.75) is 32.2 Å². The van der Waals surface area contributed by atoms with Crippen molar-refractivity contribution >= 4 is 0 Å². The maximum absolute atomic E-state index is 13.2. The average Bonchev–Trinajstić information content (AvgIpc) is 2.07. The second kappa shape index (κ2) is 4.23. The maximum Gasteiger partial charge on any atom is 0.161 e. The molecule has 4 heteroatoms.